The van der Waals surface area contributed by atoms with E-state index in [1.165, 1.54) is 11.1 Å². The van der Waals surface area contributed by atoms with Crippen molar-refractivity contribution in [3.8, 4) is 11.5 Å². The predicted molar refractivity (Wildman–Crippen MR) is 181 cm³/mol. The molecule has 0 radical (unpaired) electrons. The normalized spacial score (nSPS) is 11.2. The molecule has 0 aliphatic heterocycles. The van der Waals surface area contributed by atoms with Crippen LogP contribution < -0.4 is 9.47 Å². The Bertz CT molecular complexity index is 1520. The molecule has 0 N–H and O–H groups in total. The van der Waals surface area contributed by atoms with Crippen LogP contribution in [0.5, 0.6) is 11.5 Å². The Hall–Kier alpha value is -4.48. The third-order valence-electron chi connectivity index (χ3n) is 8.11. The summed E-state index contributed by atoms with van der Waals surface area (Å²) in [6.45, 7) is 3.98. The lowest BCUT2D eigenvalue weighted by atomic mass is 9.73. The Kier molecular flexibility index (Phi) is 10.4. The molecule has 5 aromatic carbocycles. The third-order valence-corrected chi connectivity index (χ3v) is 8.41. The van der Waals surface area contributed by atoms with E-state index < -0.39 is 0 Å². The van der Waals surface area contributed by atoms with E-state index in [1.807, 2.05) is 67.7 Å². The molecule has 0 atom stereocenters. The van der Waals surface area contributed by atoms with Crippen LogP contribution in [-0.2, 0) is 18.6 Å². The monoisotopic (exact) mass is 601 g/mol. The molecule has 5 aromatic rings. The Balaban J connectivity index is 1.30. The molecule has 224 valence electrons. The first-order valence-electron chi connectivity index (χ1n) is 15.0. The van der Waals surface area contributed by atoms with Crippen LogP contribution in [0.15, 0.2) is 138 Å². The fourth-order valence-electron chi connectivity index (χ4n) is 5.37. The van der Waals surface area contributed by atoms with Crippen LogP contribution >= 0.6 is 12.6 Å². The molecule has 0 unspecified atom stereocenters. The maximum absolute atomic E-state index is 13.0. The molecule has 0 fully saturated rings. The quantitative estimate of drug-likeness (QED) is 0.137. The van der Waals surface area contributed by atoms with E-state index in [0.29, 0.717) is 25.3 Å². The number of rotatable bonds is 13. The van der Waals surface area contributed by atoms with Gasteiger partial charge in [-0.25, -0.2) is 0 Å². The van der Waals surface area contributed by atoms with Gasteiger partial charge < -0.3 is 14.4 Å². The van der Waals surface area contributed by atoms with Crippen LogP contribution in [0.3, 0.4) is 0 Å². The molecule has 0 bridgehead atoms. The molecule has 44 heavy (non-hydrogen) atoms. The maximum atomic E-state index is 13.0. The van der Waals surface area contributed by atoms with E-state index in [4.69, 9.17) is 9.47 Å². The van der Waals surface area contributed by atoms with Crippen molar-refractivity contribution in [3.63, 3.8) is 0 Å². The number of nitrogens with zero attached hydrogens (tertiary/aromatic N) is 1. The average molecular weight is 602 g/mol. The van der Waals surface area contributed by atoms with Gasteiger partial charge in [-0.2, -0.15) is 0 Å². The number of carbonyl (C=O) groups is 1. The highest BCUT2D eigenvalue weighted by atomic mass is 32.1. The molecule has 0 heterocycles. The van der Waals surface area contributed by atoms with Crippen LogP contribution in [0.4, 0.5) is 0 Å². The van der Waals surface area contributed by atoms with Gasteiger partial charge in [0.15, 0.2) is 0 Å². The minimum Gasteiger partial charge on any atom is -0.489 e. The first kappa shape index (κ1) is 31.0. The number of carbonyl (C=O) groups excluding carboxylic acids is 1. The molecule has 0 aromatic heterocycles. The highest BCUT2D eigenvalue weighted by Crippen LogP contribution is 2.38. The van der Waals surface area contributed by atoms with Gasteiger partial charge in [-0.3, -0.25) is 4.79 Å². The zero-order chi connectivity index (χ0) is 30.8. The van der Waals surface area contributed by atoms with E-state index in [9.17, 15) is 4.79 Å². The van der Waals surface area contributed by atoms with Crippen LogP contribution in [0, 0.1) is 0 Å². The lowest BCUT2D eigenvalue weighted by Crippen LogP contribution is -2.30. The Labute approximate surface area is 266 Å². The smallest absolute Gasteiger partial charge is 0.253 e. The minimum absolute atomic E-state index is 0.0138. The van der Waals surface area contributed by atoms with Crippen LogP contribution in [0.2, 0.25) is 0 Å². The van der Waals surface area contributed by atoms with Crippen molar-refractivity contribution in [2.75, 3.05) is 13.6 Å². The van der Waals surface area contributed by atoms with Gasteiger partial charge in [0.2, 0.25) is 0 Å². The second-order valence-corrected chi connectivity index (χ2v) is 11.8. The molecule has 0 aliphatic rings. The van der Waals surface area contributed by atoms with Gasteiger partial charge in [-0.15, -0.1) is 12.6 Å². The largest absolute Gasteiger partial charge is 0.489 e. The average Bonchev–Trinajstić information content (AvgIpc) is 3.07. The number of benzene rings is 5. The first-order chi connectivity index (χ1) is 21.4. The zero-order valence-electron chi connectivity index (χ0n) is 25.4. The van der Waals surface area contributed by atoms with Gasteiger partial charge in [0.25, 0.3) is 5.91 Å². The standard InChI is InChI=1S/C39H39NO3S/c1-39(26-9-27-40(2)38(41)32-14-24-37(44)25-15-32,33-16-20-35(21-17-33)42-28-30-10-5-3-6-11-30)34-18-22-36(23-19-34)43-29-31-12-7-4-8-13-31/h3-8,10-25,44H,9,26-29H2,1-2H3. The van der Waals surface area contributed by atoms with Crippen LogP contribution in [-0.4, -0.2) is 24.4 Å². The van der Waals surface area contributed by atoms with Crippen molar-refractivity contribution < 1.29 is 14.3 Å². The molecule has 4 nitrogen and oxygen atoms in total. The summed E-state index contributed by atoms with van der Waals surface area (Å²) < 4.78 is 12.1. The fraction of sp³-hybridized carbons (Fsp3) is 0.205. The molecular weight excluding hydrogens is 563 g/mol. The number of ether oxygens (including phenoxy) is 2. The van der Waals surface area contributed by atoms with Gasteiger partial charge >= 0.3 is 0 Å². The van der Waals surface area contributed by atoms with E-state index in [2.05, 4.69) is 92.3 Å². The van der Waals surface area contributed by atoms with Gasteiger partial charge in [0, 0.05) is 29.5 Å². The summed E-state index contributed by atoms with van der Waals surface area (Å²) in [5, 5.41) is 0. The fourth-order valence-corrected chi connectivity index (χ4v) is 5.52. The SMILES string of the molecule is CN(CCCC(C)(c1ccc(OCc2ccccc2)cc1)c1ccc(OCc2ccccc2)cc1)C(=O)c1ccc(S)cc1. The lowest BCUT2D eigenvalue weighted by molar-refractivity contribution is 0.0791. The van der Waals surface area contributed by atoms with Crippen molar-refractivity contribution >= 4 is 18.5 Å². The van der Waals surface area contributed by atoms with Crippen molar-refractivity contribution in [3.05, 3.63) is 161 Å². The van der Waals surface area contributed by atoms with E-state index in [-0.39, 0.29) is 11.3 Å². The molecule has 0 saturated carbocycles. The zero-order valence-corrected chi connectivity index (χ0v) is 26.3. The second-order valence-electron chi connectivity index (χ2n) is 11.3. The Morgan fingerprint density at radius 3 is 1.57 bits per heavy atom. The summed E-state index contributed by atoms with van der Waals surface area (Å²) in [6.07, 6.45) is 1.69. The molecule has 0 spiro atoms. The minimum atomic E-state index is -0.284. The second kappa shape index (κ2) is 14.8. The van der Waals surface area contributed by atoms with Crippen LogP contribution in [0.25, 0.3) is 0 Å². The summed E-state index contributed by atoms with van der Waals surface area (Å²) in [7, 11) is 1.87. The Morgan fingerprint density at radius 1 is 0.659 bits per heavy atom. The lowest BCUT2D eigenvalue weighted by Gasteiger charge is -2.32. The van der Waals surface area contributed by atoms with Crippen molar-refractivity contribution in [1.82, 2.24) is 4.90 Å². The number of amides is 1. The van der Waals surface area contributed by atoms with E-state index in [0.717, 1.165) is 40.4 Å². The number of hydrogen-bond donors (Lipinski definition) is 1. The number of thiol groups is 1. The highest BCUT2D eigenvalue weighted by molar-refractivity contribution is 7.80. The highest BCUT2D eigenvalue weighted by Gasteiger charge is 2.29. The first-order valence-corrected chi connectivity index (χ1v) is 15.4. The summed E-state index contributed by atoms with van der Waals surface area (Å²) >= 11 is 4.34. The van der Waals surface area contributed by atoms with Gasteiger partial charge in [0.1, 0.15) is 24.7 Å². The molecule has 0 saturated heterocycles. The number of hydrogen-bond acceptors (Lipinski definition) is 4. The molecule has 1 amide bonds. The molecule has 5 heteroatoms. The summed E-state index contributed by atoms with van der Waals surface area (Å²) in [6, 6.07) is 44.6. The van der Waals surface area contributed by atoms with Crippen molar-refractivity contribution in [1.29, 1.82) is 0 Å². The van der Waals surface area contributed by atoms with Crippen molar-refractivity contribution in [2.45, 2.75) is 43.3 Å². The third kappa shape index (κ3) is 8.12. The Morgan fingerprint density at radius 2 is 1.11 bits per heavy atom. The van der Waals surface area contributed by atoms with Gasteiger partial charge in [0.05, 0.1) is 0 Å². The summed E-state index contributed by atoms with van der Waals surface area (Å²) in [5.74, 6) is 1.68. The summed E-state index contributed by atoms with van der Waals surface area (Å²) in [4.78, 5) is 15.7. The molecule has 5 rings (SSSR count). The summed E-state index contributed by atoms with van der Waals surface area (Å²) in [5.41, 5.74) is 5.05. The van der Waals surface area contributed by atoms with Gasteiger partial charge in [-0.05, 0) is 83.6 Å². The van der Waals surface area contributed by atoms with E-state index >= 15 is 0 Å². The maximum Gasteiger partial charge on any atom is 0.253 e. The molecular formula is C39H39NO3S. The molecule has 0 aliphatic carbocycles. The van der Waals surface area contributed by atoms with Crippen molar-refractivity contribution in [2.24, 2.45) is 0 Å². The van der Waals surface area contributed by atoms with Gasteiger partial charge in [-0.1, -0.05) is 91.9 Å². The predicted octanol–water partition coefficient (Wildman–Crippen LogP) is 8.99. The topological polar surface area (TPSA) is 38.8 Å². The van der Waals surface area contributed by atoms with E-state index in [1.54, 1.807) is 4.90 Å². The van der Waals surface area contributed by atoms with Crippen LogP contribution in [0.1, 0.15) is 52.4 Å².